The first kappa shape index (κ1) is 47.7. The number of imidazole rings is 2. The van der Waals surface area contributed by atoms with E-state index < -0.39 is 29.3 Å². The van der Waals surface area contributed by atoms with Crippen molar-refractivity contribution in [3.8, 4) is 11.3 Å². The number of hydrogen-bond donors (Lipinski definition) is 2. The summed E-state index contributed by atoms with van der Waals surface area (Å²) in [4.78, 5) is 39.4. The average molecular weight is 1020 g/mol. The standard InChI is InChI=1S/C28H30F2N6O2.C24H24BrF2N3O2/c1-16-27(34(2)33-32-16)17-6-13-24-23(14-17)31-28(36(24)18-7-10-20(37)11-8-18)25-4-3-5-26(38)35(25)19-9-12-21(29)22(30)15-19;25-14-4-11-21-20(12-14)28-24(30(21)15-5-8-17(31)9-6-15)22-2-1-3-23(32)29(22)16-7-10-18(26)19(27)13-16/h6,9,12-15,18,20,25,37H,3-5,7-8,10-11H2,1-2H3;4,7,10-13,15,17,22,31H,1-3,5-6,8-9H2/t18?,20?,25-;15?,17?,22-/m00/s1. The van der Waals surface area contributed by atoms with Crippen LogP contribution < -0.4 is 9.80 Å². The van der Waals surface area contributed by atoms with E-state index in [-0.39, 0.29) is 42.1 Å². The van der Waals surface area contributed by atoms with Gasteiger partial charge in [0.2, 0.25) is 11.8 Å². The summed E-state index contributed by atoms with van der Waals surface area (Å²) in [5.41, 5.74) is 6.86. The molecule has 3 aromatic heterocycles. The number of aliphatic hydroxyl groups is 2. The van der Waals surface area contributed by atoms with Crippen molar-refractivity contribution in [2.75, 3.05) is 9.80 Å². The van der Waals surface area contributed by atoms with E-state index in [0.717, 1.165) is 118 Å². The number of carbonyl (C=O) groups is 2. The zero-order valence-corrected chi connectivity index (χ0v) is 40.5. The van der Waals surface area contributed by atoms with Crippen LogP contribution >= 0.6 is 15.9 Å². The number of halogens is 5. The lowest BCUT2D eigenvalue weighted by molar-refractivity contribution is -0.121. The van der Waals surface area contributed by atoms with E-state index in [0.29, 0.717) is 62.7 Å². The van der Waals surface area contributed by atoms with Gasteiger partial charge in [-0.15, -0.1) is 5.10 Å². The van der Waals surface area contributed by atoms with Crippen molar-refractivity contribution < 1.29 is 37.4 Å². The highest BCUT2D eigenvalue weighted by atomic mass is 79.9. The van der Waals surface area contributed by atoms with Crippen LogP contribution in [0.15, 0.2) is 77.3 Å². The van der Waals surface area contributed by atoms with Gasteiger partial charge in [-0.1, -0.05) is 27.2 Å². The molecule has 18 heteroatoms. The van der Waals surface area contributed by atoms with Crippen LogP contribution in [0.3, 0.4) is 0 Å². The summed E-state index contributed by atoms with van der Waals surface area (Å²) in [5, 5.41) is 28.5. The number of anilines is 2. The van der Waals surface area contributed by atoms with Crippen LogP contribution in [0.5, 0.6) is 0 Å². The maximum atomic E-state index is 14.2. The Kier molecular flexibility index (Phi) is 13.4. The monoisotopic (exact) mass is 1020 g/mol. The Morgan fingerprint density at radius 3 is 1.51 bits per heavy atom. The first-order valence-corrected chi connectivity index (χ1v) is 25.0. The normalized spacial score (nSPS) is 23.3. The van der Waals surface area contributed by atoms with E-state index in [9.17, 15) is 37.4 Å². The third-order valence-electron chi connectivity index (χ3n) is 14.6. The molecule has 13 nitrogen and oxygen atoms in total. The molecule has 4 aromatic carbocycles. The third kappa shape index (κ3) is 9.13. The highest BCUT2D eigenvalue weighted by Crippen LogP contribution is 2.44. The first-order valence-electron chi connectivity index (χ1n) is 24.2. The molecule has 366 valence electrons. The van der Waals surface area contributed by atoms with Crippen molar-refractivity contribution in [2.24, 2.45) is 7.05 Å². The molecule has 4 aliphatic rings. The second-order valence-corrected chi connectivity index (χ2v) is 20.0. The Bertz CT molecular complexity index is 3080. The minimum Gasteiger partial charge on any atom is -0.393 e. The lowest BCUT2D eigenvalue weighted by Crippen LogP contribution is -2.40. The number of hydrogen-bond acceptors (Lipinski definition) is 8. The quantitative estimate of drug-likeness (QED) is 0.150. The summed E-state index contributed by atoms with van der Waals surface area (Å²) >= 11 is 3.51. The molecule has 70 heavy (non-hydrogen) atoms. The van der Waals surface area contributed by atoms with E-state index in [1.807, 2.05) is 50.4 Å². The summed E-state index contributed by atoms with van der Waals surface area (Å²) < 4.78 is 62.7. The van der Waals surface area contributed by atoms with E-state index in [1.165, 1.54) is 12.1 Å². The zero-order chi connectivity index (χ0) is 49.0. The third-order valence-corrected chi connectivity index (χ3v) is 15.1. The van der Waals surface area contributed by atoms with Gasteiger partial charge in [0.25, 0.3) is 0 Å². The van der Waals surface area contributed by atoms with Crippen molar-refractivity contribution in [2.45, 2.75) is 133 Å². The smallest absolute Gasteiger partial charge is 0.227 e. The molecular formula is C52H54BrF4N9O4. The predicted molar refractivity (Wildman–Crippen MR) is 260 cm³/mol. The molecular weight excluding hydrogens is 971 g/mol. The van der Waals surface area contributed by atoms with Crippen molar-refractivity contribution in [1.29, 1.82) is 0 Å². The summed E-state index contributed by atoms with van der Waals surface area (Å²) in [5.74, 6) is -2.61. The van der Waals surface area contributed by atoms with E-state index in [1.54, 1.807) is 14.5 Å². The maximum Gasteiger partial charge on any atom is 0.227 e. The van der Waals surface area contributed by atoms with Crippen LogP contribution in [0, 0.1) is 30.2 Å². The minimum atomic E-state index is -0.987. The number of aromatic nitrogens is 7. The van der Waals surface area contributed by atoms with Crippen molar-refractivity contribution >= 4 is 61.2 Å². The molecule has 2 aliphatic carbocycles. The highest BCUT2D eigenvalue weighted by molar-refractivity contribution is 9.10. The van der Waals surface area contributed by atoms with Crippen LogP contribution in [0.2, 0.25) is 0 Å². The number of aryl methyl sites for hydroxylation is 2. The lowest BCUT2D eigenvalue weighted by atomic mass is 9.92. The van der Waals surface area contributed by atoms with E-state index >= 15 is 0 Å². The Labute approximate surface area is 410 Å². The fourth-order valence-electron chi connectivity index (χ4n) is 11.2. The van der Waals surface area contributed by atoms with Gasteiger partial charge in [-0.05, 0) is 139 Å². The first-order chi connectivity index (χ1) is 33.7. The fourth-order valence-corrected chi connectivity index (χ4v) is 11.6. The number of aliphatic hydroxyl groups excluding tert-OH is 2. The zero-order valence-electron chi connectivity index (χ0n) is 38.9. The Morgan fingerprint density at radius 2 is 1.06 bits per heavy atom. The van der Waals surface area contributed by atoms with Gasteiger partial charge in [0.15, 0.2) is 23.3 Å². The highest BCUT2D eigenvalue weighted by Gasteiger charge is 2.38. The predicted octanol–water partition coefficient (Wildman–Crippen LogP) is 11.0. The topological polar surface area (TPSA) is 147 Å². The second-order valence-electron chi connectivity index (χ2n) is 19.1. The van der Waals surface area contributed by atoms with Gasteiger partial charge in [-0.3, -0.25) is 9.59 Å². The van der Waals surface area contributed by atoms with Gasteiger partial charge in [-0.25, -0.2) is 32.2 Å². The molecule has 0 bridgehead atoms. The molecule has 4 fully saturated rings. The molecule has 11 rings (SSSR count). The molecule has 0 spiro atoms. The molecule has 7 aromatic rings. The van der Waals surface area contributed by atoms with Crippen LogP contribution in [-0.4, -0.2) is 68.3 Å². The van der Waals surface area contributed by atoms with Crippen LogP contribution in [0.4, 0.5) is 28.9 Å². The number of piperidine rings is 2. The molecule has 2 saturated carbocycles. The molecule has 0 unspecified atom stereocenters. The number of fused-ring (bicyclic) bond motifs is 2. The van der Waals surface area contributed by atoms with Gasteiger partial charge in [0.05, 0.1) is 57.7 Å². The van der Waals surface area contributed by atoms with E-state index in [4.69, 9.17) is 9.97 Å². The van der Waals surface area contributed by atoms with Crippen molar-refractivity contribution in [3.63, 3.8) is 0 Å². The molecule has 2 atom stereocenters. The summed E-state index contributed by atoms with van der Waals surface area (Å²) in [7, 11) is 1.85. The molecule has 2 N–H and O–H groups in total. The van der Waals surface area contributed by atoms with Crippen LogP contribution in [0.1, 0.15) is 131 Å². The van der Waals surface area contributed by atoms with Gasteiger partial charge < -0.3 is 29.1 Å². The average Bonchev–Trinajstić information content (AvgIpc) is 4.03. The number of rotatable bonds is 7. The fraction of sp³-hybridized carbons (Fsp3) is 0.423. The Balaban J connectivity index is 0.000000165. The molecule has 0 radical (unpaired) electrons. The summed E-state index contributed by atoms with van der Waals surface area (Å²) in [6.45, 7) is 1.91. The number of nitrogens with zero attached hydrogens (tertiary/aromatic N) is 9. The van der Waals surface area contributed by atoms with E-state index in [2.05, 4.69) is 35.4 Å². The maximum absolute atomic E-state index is 14.2. The lowest BCUT2D eigenvalue weighted by Gasteiger charge is -2.37. The van der Waals surface area contributed by atoms with Gasteiger partial charge in [0.1, 0.15) is 11.6 Å². The molecule has 2 aliphatic heterocycles. The summed E-state index contributed by atoms with van der Waals surface area (Å²) in [6, 6.07) is 18.7. The van der Waals surface area contributed by atoms with Gasteiger partial charge in [-0.2, -0.15) is 0 Å². The minimum absolute atomic E-state index is 0.105. The number of carbonyl (C=O) groups excluding carboxylic acids is 2. The molecule has 5 heterocycles. The van der Waals surface area contributed by atoms with Gasteiger partial charge in [0, 0.05) is 65.5 Å². The largest absolute Gasteiger partial charge is 0.393 e. The molecule has 2 amide bonds. The molecule has 2 saturated heterocycles. The Hall–Kier alpha value is -5.98. The van der Waals surface area contributed by atoms with Crippen LogP contribution in [-0.2, 0) is 16.6 Å². The number of amides is 2. The van der Waals surface area contributed by atoms with Crippen molar-refractivity contribution in [3.05, 3.63) is 118 Å². The Morgan fingerprint density at radius 1 is 0.586 bits per heavy atom. The second kappa shape index (κ2) is 19.7. The van der Waals surface area contributed by atoms with Crippen LogP contribution in [0.25, 0.3) is 33.3 Å². The summed E-state index contributed by atoms with van der Waals surface area (Å²) in [6.07, 6.45) is 8.87. The number of benzene rings is 4. The van der Waals surface area contributed by atoms with Crippen molar-refractivity contribution in [1.82, 2.24) is 34.1 Å². The SMILES string of the molecule is Cc1nnn(C)c1-c1ccc2c(c1)nc([C@@H]1CCCC(=O)N1c1ccc(F)c(F)c1)n2C1CCC(O)CC1.O=C1CCC[C@@H](c2nc3cc(Br)ccc3n2C2CCC(O)CC2)N1c1ccc(F)c(F)c1. The van der Waals surface area contributed by atoms with Gasteiger partial charge >= 0.3 is 0 Å².